The first-order chi connectivity index (χ1) is 10.1. The van der Waals surface area contributed by atoms with E-state index in [4.69, 9.17) is 0 Å². The normalized spacial score (nSPS) is 17.0. The van der Waals surface area contributed by atoms with Gasteiger partial charge in [0, 0.05) is 14.7 Å². The SMILES string of the molecule is CCC1Cc2cc(O)c(O)cc2Sc2ccc(SC)cc21. The molecule has 0 amide bonds. The minimum Gasteiger partial charge on any atom is -0.504 e. The highest BCUT2D eigenvalue weighted by Crippen LogP contribution is 2.46. The lowest BCUT2D eigenvalue weighted by Gasteiger charge is -2.16. The molecule has 0 bridgehead atoms. The van der Waals surface area contributed by atoms with E-state index in [-0.39, 0.29) is 11.5 Å². The molecule has 2 aromatic carbocycles. The van der Waals surface area contributed by atoms with Crippen LogP contribution in [0.2, 0.25) is 0 Å². The maximum absolute atomic E-state index is 9.76. The molecule has 4 heteroatoms. The van der Waals surface area contributed by atoms with Crippen molar-refractivity contribution in [2.75, 3.05) is 6.26 Å². The molecule has 1 atom stereocenters. The van der Waals surface area contributed by atoms with Gasteiger partial charge in [-0.05, 0) is 66.5 Å². The highest BCUT2D eigenvalue weighted by molar-refractivity contribution is 7.99. The third-order valence-electron chi connectivity index (χ3n) is 3.99. The van der Waals surface area contributed by atoms with Crippen LogP contribution in [0.3, 0.4) is 0 Å². The fourth-order valence-corrected chi connectivity index (χ4v) is 4.39. The van der Waals surface area contributed by atoms with Gasteiger partial charge in [-0.15, -0.1) is 11.8 Å². The second-order valence-corrected chi connectivity index (χ2v) is 7.23. The summed E-state index contributed by atoms with van der Waals surface area (Å²) in [5.74, 6) is 0.378. The number of thioether (sulfide) groups is 1. The number of benzene rings is 2. The van der Waals surface area contributed by atoms with Crippen molar-refractivity contribution in [1.82, 2.24) is 0 Å². The van der Waals surface area contributed by atoms with Gasteiger partial charge in [0.15, 0.2) is 11.5 Å². The molecule has 2 aromatic rings. The summed E-state index contributed by atoms with van der Waals surface area (Å²) >= 11 is 3.44. The predicted molar refractivity (Wildman–Crippen MR) is 88.9 cm³/mol. The summed E-state index contributed by atoms with van der Waals surface area (Å²) < 4.78 is 0. The number of rotatable bonds is 2. The Labute approximate surface area is 133 Å². The third-order valence-corrected chi connectivity index (χ3v) is 5.91. The monoisotopic (exact) mass is 318 g/mol. The van der Waals surface area contributed by atoms with Crippen molar-refractivity contribution in [3.8, 4) is 11.5 Å². The van der Waals surface area contributed by atoms with Gasteiger partial charge in [-0.2, -0.15) is 0 Å². The first-order valence-electron chi connectivity index (χ1n) is 7.03. The number of phenolic OH excluding ortho intramolecular Hbond substituents is 2. The minimum atomic E-state index is -0.0431. The van der Waals surface area contributed by atoms with Gasteiger partial charge in [-0.3, -0.25) is 0 Å². The summed E-state index contributed by atoms with van der Waals surface area (Å²) in [6.07, 6.45) is 4.06. The number of hydrogen-bond donors (Lipinski definition) is 2. The summed E-state index contributed by atoms with van der Waals surface area (Å²) in [5, 5.41) is 19.5. The molecule has 2 nitrogen and oxygen atoms in total. The molecule has 0 spiro atoms. The van der Waals surface area contributed by atoms with Crippen LogP contribution >= 0.6 is 23.5 Å². The molecule has 2 N–H and O–H groups in total. The largest absolute Gasteiger partial charge is 0.504 e. The van der Waals surface area contributed by atoms with E-state index >= 15 is 0 Å². The van der Waals surface area contributed by atoms with Crippen LogP contribution in [0.1, 0.15) is 30.4 Å². The van der Waals surface area contributed by atoms with Gasteiger partial charge in [-0.25, -0.2) is 0 Å². The lowest BCUT2D eigenvalue weighted by atomic mass is 9.90. The molecule has 1 aliphatic rings. The number of fused-ring (bicyclic) bond motifs is 2. The lowest BCUT2D eigenvalue weighted by Crippen LogP contribution is -2.02. The Morgan fingerprint density at radius 1 is 1.14 bits per heavy atom. The summed E-state index contributed by atoms with van der Waals surface area (Å²) in [5.41, 5.74) is 2.49. The summed E-state index contributed by atoms with van der Waals surface area (Å²) in [7, 11) is 0. The zero-order valence-electron chi connectivity index (χ0n) is 12.1. The molecule has 0 aliphatic carbocycles. The molecule has 0 aromatic heterocycles. The average Bonchev–Trinajstić information content (AvgIpc) is 2.63. The number of aromatic hydroxyl groups is 2. The molecule has 3 rings (SSSR count). The van der Waals surface area contributed by atoms with E-state index in [0.717, 1.165) is 23.3 Å². The zero-order chi connectivity index (χ0) is 15.0. The predicted octanol–water partition coefficient (Wildman–Crippen LogP) is 5.02. The van der Waals surface area contributed by atoms with Gasteiger partial charge in [0.2, 0.25) is 0 Å². The van der Waals surface area contributed by atoms with Crippen molar-refractivity contribution in [1.29, 1.82) is 0 Å². The second kappa shape index (κ2) is 5.85. The number of phenols is 2. The van der Waals surface area contributed by atoms with Crippen molar-refractivity contribution >= 4 is 23.5 Å². The molecular weight excluding hydrogens is 300 g/mol. The Bertz CT molecular complexity index is 683. The zero-order valence-corrected chi connectivity index (χ0v) is 13.7. The van der Waals surface area contributed by atoms with Crippen LogP contribution in [0.15, 0.2) is 45.0 Å². The van der Waals surface area contributed by atoms with Crippen LogP contribution in [0.4, 0.5) is 0 Å². The smallest absolute Gasteiger partial charge is 0.158 e. The fraction of sp³-hybridized carbons (Fsp3) is 0.294. The van der Waals surface area contributed by atoms with Gasteiger partial charge < -0.3 is 10.2 Å². The van der Waals surface area contributed by atoms with Crippen molar-refractivity contribution in [2.24, 2.45) is 0 Å². The van der Waals surface area contributed by atoms with Gasteiger partial charge in [0.1, 0.15) is 0 Å². The standard InChI is InChI=1S/C17H18O2S2/c1-3-10-6-11-7-14(18)15(19)9-17(11)21-16-5-4-12(20-2)8-13(10)16/h4-5,7-10,18-19H,3,6H2,1-2H3. The van der Waals surface area contributed by atoms with Crippen molar-refractivity contribution < 1.29 is 10.2 Å². The topological polar surface area (TPSA) is 40.5 Å². The molecule has 1 unspecified atom stereocenters. The van der Waals surface area contributed by atoms with E-state index < -0.39 is 0 Å². The van der Waals surface area contributed by atoms with Crippen LogP contribution in [0, 0.1) is 0 Å². The maximum atomic E-state index is 9.76. The molecule has 1 heterocycles. The van der Waals surface area contributed by atoms with Gasteiger partial charge >= 0.3 is 0 Å². The molecule has 0 saturated carbocycles. The van der Waals surface area contributed by atoms with E-state index in [1.165, 1.54) is 15.4 Å². The quantitative estimate of drug-likeness (QED) is 0.602. The van der Waals surface area contributed by atoms with E-state index in [1.807, 2.05) is 0 Å². The van der Waals surface area contributed by atoms with Crippen molar-refractivity contribution in [2.45, 2.75) is 40.4 Å². The van der Waals surface area contributed by atoms with Gasteiger partial charge in [0.05, 0.1) is 0 Å². The lowest BCUT2D eigenvalue weighted by molar-refractivity contribution is 0.401. The molecule has 0 fully saturated rings. The van der Waals surface area contributed by atoms with E-state index in [0.29, 0.717) is 5.92 Å². The fourth-order valence-electron chi connectivity index (χ4n) is 2.78. The van der Waals surface area contributed by atoms with E-state index in [2.05, 4.69) is 31.4 Å². The molecule has 0 saturated heterocycles. The molecule has 0 radical (unpaired) electrons. The average molecular weight is 318 g/mol. The minimum absolute atomic E-state index is 0.0278. The highest BCUT2D eigenvalue weighted by Gasteiger charge is 2.23. The van der Waals surface area contributed by atoms with Crippen LogP contribution in [-0.2, 0) is 6.42 Å². The third kappa shape index (κ3) is 2.74. The summed E-state index contributed by atoms with van der Waals surface area (Å²) in [6, 6.07) is 10.00. The van der Waals surface area contributed by atoms with Crippen LogP contribution in [-0.4, -0.2) is 16.5 Å². The van der Waals surface area contributed by atoms with Gasteiger partial charge in [-0.1, -0.05) is 18.7 Å². The second-order valence-electron chi connectivity index (χ2n) is 5.26. The first-order valence-corrected chi connectivity index (χ1v) is 9.07. The van der Waals surface area contributed by atoms with Crippen LogP contribution in [0.5, 0.6) is 11.5 Å². The van der Waals surface area contributed by atoms with Crippen molar-refractivity contribution in [3.05, 3.63) is 41.5 Å². The van der Waals surface area contributed by atoms with E-state index in [9.17, 15) is 10.2 Å². The Hall–Kier alpha value is -1.26. The van der Waals surface area contributed by atoms with Crippen molar-refractivity contribution in [3.63, 3.8) is 0 Å². The maximum Gasteiger partial charge on any atom is 0.158 e. The molecule has 110 valence electrons. The molecule has 21 heavy (non-hydrogen) atoms. The first kappa shape index (κ1) is 14.7. The van der Waals surface area contributed by atoms with Crippen LogP contribution < -0.4 is 0 Å². The van der Waals surface area contributed by atoms with Gasteiger partial charge in [0.25, 0.3) is 0 Å². The summed E-state index contributed by atoms with van der Waals surface area (Å²) in [6.45, 7) is 2.20. The Kier molecular flexibility index (Phi) is 4.09. The highest BCUT2D eigenvalue weighted by atomic mass is 32.2. The molecule has 1 aliphatic heterocycles. The van der Waals surface area contributed by atoms with E-state index in [1.54, 1.807) is 35.7 Å². The summed E-state index contributed by atoms with van der Waals surface area (Å²) in [4.78, 5) is 3.58. The Morgan fingerprint density at radius 2 is 1.90 bits per heavy atom. The number of hydrogen-bond acceptors (Lipinski definition) is 4. The Morgan fingerprint density at radius 3 is 2.62 bits per heavy atom. The van der Waals surface area contributed by atoms with Crippen LogP contribution in [0.25, 0.3) is 0 Å². The molecular formula is C17H18O2S2. The Balaban J connectivity index is 2.12.